The fourth-order valence-corrected chi connectivity index (χ4v) is 0. The lowest BCUT2D eigenvalue weighted by Crippen LogP contribution is -1.86. The van der Waals surface area contributed by atoms with Gasteiger partial charge >= 0.3 is 5.99 Å². The summed E-state index contributed by atoms with van der Waals surface area (Å²) in [7, 11) is 0. The van der Waals surface area contributed by atoms with Gasteiger partial charge in [0.05, 0.1) is 0 Å². The van der Waals surface area contributed by atoms with Crippen LogP contribution in [0.15, 0.2) is 0 Å². The SMILES string of the molecule is CB(S)C#N. The Bertz CT molecular complexity index is 55.2. The van der Waals surface area contributed by atoms with Gasteiger partial charge in [-0.2, -0.15) is 0 Å². The first-order valence-corrected chi connectivity index (χ1v) is 1.86. The predicted octanol–water partition coefficient (Wildman–Crippen LogP) is 0.600. The molecule has 0 fully saturated rings. The molecule has 0 aliphatic rings. The molecule has 0 heterocycles. The molecular weight excluding hydrogens is 80.9 g/mol. The van der Waals surface area contributed by atoms with Crippen LogP contribution in [0, 0.1) is 11.2 Å². The van der Waals surface area contributed by atoms with Crippen molar-refractivity contribution in [3.63, 3.8) is 0 Å². The molecule has 0 spiro atoms. The highest BCUT2D eigenvalue weighted by Crippen LogP contribution is 1.78. The average molecular weight is 84.9 g/mol. The number of rotatable bonds is 0. The minimum absolute atomic E-state index is 0.116. The summed E-state index contributed by atoms with van der Waals surface area (Å²) in [5, 5.41) is 7.82. The van der Waals surface area contributed by atoms with Crippen LogP contribution in [0.4, 0.5) is 0 Å². The van der Waals surface area contributed by atoms with Gasteiger partial charge in [0.2, 0.25) is 0 Å². The van der Waals surface area contributed by atoms with Gasteiger partial charge in [-0.1, -0.05) is 6.82 Å². The van der Waals surface area contributed by atoms with Crippen molar-refractivity contribution in [3.05, 3.63) is 0 Å². The summed E-state index contributed by atoms with van der Waals surface area (Å²) in [5.74, 6) is 1.78. The second-order valence-electron chi connectivity index (χ2n) is 0.805. The molecule has 0 N–H and O–H groups in total. The van der Waals surface area contributed by atoms with Crippen molar-refractivity contribution >= 4 is 18.5 Å². The summed E-state index contributed by atoms with van der Waals surface area (Å²) < 4.78 is 0. The first kappa shape index (κ1) is 4.90. The molecule has 1 nitrogen and oxygen atoms in total. The Kier molecular flexibility index (Phi) is 2.12. The summed E-state index contributed by atoms with van der Waals surface area (Å²) >= 11 is 3.74. The third-order valence-corrected chi connectivity index (χ3v) is 0.302. The van der Waals surface area contributed by atoms with Gasteiger partial charge in [0.15, 0.2) is 0 Å². The number of nitriles is 1. The van der Waals surface area contributed by atoms with Crippen LogP contribution < -0.4 is 0 Å². The van der Waals surface area contributed by atoms with Crippen molar-refractivity contribution in [2.45, 2.75) is 6.82 Å². The largest absolute Gasteiger partial charge is 0.325 e. The van der Waals surface area contributed by atoms with Crippen LogP contribution in [0.5, 0.6) is 0 Å². The predicted molar refractivity (Wildman–Crippen MR) is 26.2 cm³/mol. The van der Waals surface area contributed by atoms with Gasteiger partial charge in [0, 0.05) is 5.97 Å². The van der Waals surface area contributed by atoms with Crippen molar-refractivity contribution < 1.29 is 0 Å². The number of thiol groups is 1. The molecule has 5 heavy (non-hydrogen) atoms. The zero-order chi connectivity index (χ0) is 4.28. The maximum atomic E-state index is 7.82. The van der Waals surface area contributed by atoms with Crippen LogP contribution in [0.1, 0.15) is 0 Å². The third kappa shape index (κ3) is 3.90. The normalized spacial score (nSPS) is 5.80. The molecule has 0 bridgehead atoms. The molecule has 26 valence electrons. The Hall–Kier alpha value is -0.0951. The van der Waals surface area contributed by atoms with Crippen LogP contribution in [0.25, 0.3) is 0 Å². The van der Waals surface area contributed by atoms with Gasteiger partial charge in [-0.25, -0.2) is 17.7 Å². The summed E-state index contributed by atoms with van der Waals surface area (Å²) in [6.45, 7) is 1.73. The Morgan fingerprint density at radius 3 is 2.20 bits per heavy atom. The fourth-order valence-electron chi connectivity index (χ4n) is 0. The molecule has 0 saturated heterocycles. The van der Waals surface area contributed by atoms with Crippen LogP contribution in [-0.4, -0.2) is 5.99 Å². The highest BCUT2D eigenvalue weighted by molar-refractivity contribution is 8.11. The van der Waals surface area contributed by atoms with E-state index in [0.717, 1.165) is 0 Å². The molecule has 0 amide bonds. The molecule has 0 aromatic rings. The highest BCUT2D eigenvalue weighted by atomic mass is 32.1. The summed E-state index contributed by atoms with van der Waals surface area (Å²) in [4.78, 5) is 0. The quantitative estimate of drug-likeness (QED) is 0.338. The van der Waals surface area contributed by atoms with Crippen LogP contribution in [0.2, 0.25) is 6.82 Å². The minimum Gasteiger partial charge on any atom is -0.211 e. The molecule has 0 radical (unpaired) electrons. The van der Waals surface area contributed by atoms with E-state index in [0.29, 0.717) is 0 Å². The first-order valence-electron chi connectivity index (χ1n) is 1.35. The molecule has 0 aromatic heterocycles. The Morgan fingerprint density at radius 2 is 2.20 bits per heavy atom. The topological polar surface area (TPSA) is 23.8 Å². The van der Waals surface area contributed by atoms with Crippen molar-refractivity contribution in [2.24, 2.45) is 0 Å². The maximum absolute atomic E-state index is 7.82. The molecule has 0 rings (SSSR count). The smallest absolute Gasteiger partial charge is 0.211 e. The highest BCUT2D eigenvalue weighted by Gasteiger charge is 1.89. The molecule has 0 atom stereocenters. The van der Waals surface area contributed by atoms with Gasteiger partial charge in [-0.3, -0.25) is 0 Å². The van der Waals surface area contributed by atoms with E-state index in [2.05, 4.69) is 12.5 Å². The Labute approximate surface area is 37.4 Å². The molecule has 0 unspecified atom stereocenters. The molecule has 0 aliphatic heterocycles. The van der Waals surface area contributed by atoms with E-state index in [4.69, 9.17) is 5.26 Å². The lowest BCUT2D eigenvalue weighted by atomic mass is 9.83. The van der Waals surface area contributed by atoms with Gasteiger partial charge in [0.1, 0.15) is 0 Å². The number of hydrogen-bond donors (Lipinski definition) is 1. The molecule has 3 heteroatoms. The monoisotopic (exact) mass is 85.0 g/mol. The van der Waals surface area contributed by atoms with Gasteiger partial charge in [-0.15, -0.1) is 0 Å². The minimum atomic E-state index is -0.116. The van der Waals surface area contributed by atoms with Crippen molar-refractivity contribution in [1.29, 1.82) is 5.26 Å². The van der Waals surface area contributed by atoms with E-state index in [-0.39, 0.29) is 5.99 Å². The summed E-state index contributed by atoms with van der Waals surface area (Å²) in [6, 6.07) is 0. The van der Waals surface area contributed by atoms with Crippen LogP contribution in [-0.2, 0) is 0 Å². The second-order valence-corrected chi connectivity index (χ2v) is 1.58. The molecular formula is C2H4BNS. The zero-order valence-electron chi connectivity index (χ0n) is 2.97. The third-order valence-electron chi connectivity index (χ3n) is 0.187. The van der Waals surface area contributed by atoms with Crippen molar-refractivity contribution in [1.82, 2.24) is 0 Å². The van der Waals surface area contributed by atoms with E-state index in [1.54, 1.807) is 6.82 Å². The lowest BCUT2D eigenvalue weighted by molar-refractivity contribution is 1.56. The van der Waals surface area contributed by atoms with E-state index in [1.807, 2.05) is 5.97 Å². The molecule has 0 saturated carbocycles. The maximum Gasteiger partial charge on any atom is 0.325 e. The zero-order valence-corrected chi connectivity index (χ0v) is 3.87. The second kappa shape index (κ2) is 2.16. The van der Waals surface area contributed by atoms with E-state index < -0.39 is 0 Å². The van der Waals surface area contributed by atoms with Crippen molar-refractivity contribution in [3.8, 4) is 5.97 Å². The fraction of sp³-hybridized carbons (Fsp3) is 0.500. The number of nitrogens with zero attached hydrogens (tertiary/aromatic N) is 1. The van der Waals surface area contributed by atoms with E-state index >= 15 is 0 Å². The van der Waals surface area contributed by atoms with Gasteiger partial charge < -0.3 is 0 Å². The molecule has 0 aliphatic carbocycles. The van der Waals surface area contributed by atoms with E-state index in [1.165, 1.54) is 0 Å². The summed E-state index contributed by atoms with van der Waals surface area (Å²) in [5.41, 5.74) is 0. The average Bonchev–Trinajstić information content (AvgIpc) is 1.38. The van der Waals surface area contributed by atoms with E-state index in [9.17, 15) is 0 Å². The van der Waals surface area contributed by atoms with Crippen LogP contribution >= 0.6 is 12.5 Å². The molecule has 0 aromatic carbocycles. The Morgan fingerprint density at radius 1 is 2.00 bits per heavy atom. The number of hydrogen-bond acceptors (Lipinski definition) is 2. The standard InChI is InChI=1S/C2H4BNS/c1-3(5)2-4/h5H,1H3. The Balaban J connectivity index is 2.94. The first-order chi connectivity index (χ1) is 2.27. The lowest BCUT2D eigenvalue weighted by Gasteiger charge is -1.67. The van der Waals surface area contributed by atoms with Crippen molar-refractivity contribution in [2.75, 3.05) is 0 Å². The summed E-state index contributed by atoms with van der Waals surface area (Å²) in [6.07, 6.45) is 0. The van der Waals surface area contributed by atoms with Gasteiger partial charge in [0.25, 0.3) is 0 Å². The van der Waals surface area contributed by atoms with Crippen LogP contribution in [0.3, 0.4) is 0 Å². The van der Waals surface area contributed by atoms with Gasteiger partial charge in [-0.05, 0) is 0 Å².